The van der Waals surface area contributed by atoms with Crippen LogP contribution in [0.3, 0.4) is 0 Å². The lowest BCUT2D eigenvalue weighted by Gasteiger charge is -2.10. The molecule has 3 rings (SSSR count). The van der Waals surface area contributed by atoms with Gasteiger partial charge in [-0.05, 0) is 24.6 Å². The summed E-state index contributed by atoms with van der Waals surface area (Å²) in [5.41, 5.74) is 2.11. The van der Waals surface area contributed by atoms with Crippen LogP contribution in [-0.2, 0) is 9.53 Å². The molecule has 0 spiro atoms. The van der Waals surface area contributed by atoms with E-state index in [0.717, 1.165) is 32.1 Å². The summed E-state index contributed by atoms with van der Waals surface area (Å²) in [6, 6.07) is 7.86. The maximum absolute atomic E-state index is 11.7. The average Bonchev–Trinajstić information content (AvgIpc) is 3.06. The van der Waals surface area contributed by atoms with E-state index in [1.54, 1.807) is 18.4 Å². The predicted molar refractivity (Wildman–Crippen MR) is 96.7 cm³/mol. The molecule has 0 N–H and O–H groups in total. The Kier molecular flexibility index (Phi) is 5.01. The number of aromatic nitrogens is 2. The Morgan fingerprint density at radius 3 is 2.62 bits per heavy atom. The van der Waals surface area contributed by atoms with E-state index in [4.69, 9.17) is 9.47 Å². The third-order valence-corrected chi connectivity index (χ3v) is 5.52. The van der Waals surface area contributed by atoms with Crippen molar-refractivity contribution < 1.29 is 14.3 Å². The zero-order chi connectivity index (χ0) is 17.1. The lowest BCUT2D eigenvalue weighted by atomic mass is 10.1. The summed E-state index contributed by atoms with van der Waals surface area (Å²) >= 11 is 2.95. The summed E-state index contributed by atoms with van der Waals surface area (Å²) in [6.07, 6.45) is 1.53. The molecule has 0 saturated heterocycles. The highest BCUT2D eigenvalue weighted by Crippen LogP contribution is 2.39. The fourth-order valence-electron chi connectivity index (χ4n) is 2.30. The standard InChI is InChI=1S/C17H16N2O3S2/c1-10(17(20)22-3)24-16-14-13(8-23-15(14)18-9-19-16)11-4-6-12(21-2)7-5-11/h4-10H,1-3H3/t10-/m0/s1. The summed E-state index contributed by atoms with van der Waals surface area (Å²) in [5, 5.41) is 3.48. The number of rotatable bonds is 5. The first kappa shape index (κ1) is 16.7. The zero-order valence-electron chi connectivity index (χ0n) is 13.5. The quantitative estimate of drug-likeness (QED) is 0.389. The van der Waals surface area contributed by atoms with Crippen LogP contribution in [0.25, 0.3) is 21.3 Å². The van der Waals surface area contributed by atoms with Crippen molar-refractivity contribution in [1.82, 2.24) is 9.97 Å². The second kappa shape index (κ2) is 7.19. The molecule has 0 amide bonds. The van der Waals surface area contributed by atoms with Gasteiger partial charge in [-0.2, -0.15) is 0 Å². The number of carbonyl (C=O) groups is 1. The molecule has 0 fully saturated rings. The maximum Gasteiger partial charge on any atom is 0.318 e. The van der Waals surface area contributed by atoms with Crippen LogP contribution >= 0.6 is 23.1 Å². The van der Waals surface area contributed by atoms with Crippen LogP contribution in [0.15, 0.2) is 41.0 Å². The molecule has 1 atom stereocenters. The van der Waals surface area contributed by atoms with E-state index in [0.29, 0.717) is 0 Å². The van der Waals surface area contributed by atoms with Crippen LogP contribution in [0.1, 0.15) is 6.92 Å². The van der Waals surface area contributed by atoms with Gasteiger partial charge in [0.1, 0.15) is 27.2 Å². The Hall–Kier alpha value is -2.12. The minimum Gasteiger partial charge on any atom is -0.497 e. The van der Waals surface area contributed by atoms with E-state index in [9.17, 15) is 4.79 Å². The van der Waals surface area contributed by atoms with Gasteiger partial charge in [0.15, 0.2) is 0 Å². The topological polar surface area (TPSA) is 61.3 Å². The minimum absolute atomic E-state index is 0.270. The molecular formula is C17H16N2O3S2. The number of esters is 1. The van der Waals surface area contributed by atoms with Crippen molar-refractivity contribution in [2.24, 2.45) is 0 Å². The molecule has 1 aromatic carbocycles. The van der Waals surface area contributed by atoms with Crippen molar-refractivity contribution in [2.75, 3.05) is 14.2 Å². The van der Waals surface area contributed by atoms with Gasteiger partial charge in [0.25, 0.3) is 0 Å². The first-order valence-electron chi connectivity index (χ1n) is 7.25. The third kappa shape index (κ3) is 3.22. The zero-order valence-corrected chi connectivity index (χ0v) is 15.1. The summed E-state index contributed by atoms with van der Waals surface area (Å²) in [6.45, 7) is 1.81. The molecule has 2 heterocycles. The molecular weight excluding hydrogens is 344 g/mol. The third-order valence-electron chi connectivity index (χ3n) is 3.56. The van der Waals surface area contributed by atoms with E-state index in [1.165, 1.54) is 25.2 Å². The Labute approximate surface area is 148 Å². The van der Waals surface area contributed by atoms with Crippen LogP contribution in [0.5, 0.6) is 5.75 Å². The highest BCUT2D eigenvalue weighted by atomic mass is 32.2. The number of fused-ring (bicyclic) bond motifs is 1. The van der Waals surface area contributed by atoms with Crippen LogP contribution in [-0.4, -0.2) is 35.4 Å². The highest BCUT2D eigenvalue weighted by molar-refractivity contribution is 8.00. The fourth-order valence-corrected chi connectivity index (χ4v) is 4.24. The first-order chi connectivity index (χ1) is 11.6. The summed E-state index contributed by atoms with van der Waals surface area (Å²) in [4.78, 5) is 21.3. The highest BCUT2D eigenvalue weighted by Gasteiger charge is 2.20. The second-order valence-corrected chi connectivity index (χ2v) is 7.21. The SMILES string of the molecule is COC(=O)[C@H](C)Sc1ncnc2scc(-c3ccc(OC)cc3)c12. The smallest absolute Gasteiger partial charge is 0.318 e. The lowest BCUT2D eigenvalue weighted by Crippen LogP contribution is -2.14. The van der Waals surface area contributed by atoms with Gasteiger partial charge in [0, 0.05) is 10.9 Å². The molecule has 124 valence electrons. The number of hydrogen-bond acceptors (Lipinski definition) is 7. The number of hydrogen-bond donors (Lipinski definition) is 0. The van der Waals surface area contributed by atoms with Gasteiger partial charge in [0.2, 0.25) is 0 Å². The van der Waals surface area contributed by atoms with Crippen molar-refractivity contribution in [3.05, 3.63) is 36.0 Å². The van der Waals surface area contributed by atoms with E-state index < -0.39 is 0 Å². The normalized spacial score (nSPS) is 12.1. The van der Waals surface area contributed by atoms with E-state index in [2.05, 4.69) is 15.3 Å². The molecule has 3 aromatic rings. The van der Waals surface area contributed by atoms with Gasteiger partial charge in [-0.3, -0.25) is 4.79 Å². The van der Waals surface area contributed by atoms with Gasteiger partial charge in [-0.25, -0.2) is 9.97 Å². The van der Waals surface area contributed by atoms with Crippen LogP contribution in [0.2, 0.25) is 0 Å². The minimum atomic E-state index is -0.336. The first-order valence-corrected chi connectivity index (χ1v) is 9.01. The number of thioether (sulfide) groups is 1. The maximum atomic E-state index is 11.7. The number of carbonyl (C=O) groups excluding carboxylic acids is 1. The summed E-state index contributed by atoms with van der Waals surface area (Å²) < 4.78 is 10.0. The van der Waals surface area contributed by atoms with Crippen LogP contribution in [0, 0.1) is 0 Å². The van der Waals surface area contributed by atoms with E-state index >= 15 is 0 Å². The molecule has 5 nitrogen and oxygen atoms in total. The van der Waals surface area contributed by atoms with Crippen LogP contribution < -0.4 is 4.74 Å². The molecule has 0 aliphatic heterocycles. The van der Waals surface area contributed by atoms with Gasteiger partial charge < -0.3 is 9.47 Å². The van der Waals surface area contributed by atoms with Crippen molar-refractivity contribution in [2.45, 2.75) is 17.2 Å². The average molecular weight is 360 g/mol. The van der Waals surface area contributed by atoms with Gasteiger partial charge in [0.05, 0.1) is 19.6 Å². The monoisotopic (exact) mass is 360 g/mol. The van der Waals surface area contributed by atoms with Crippen molar-refractivity contribution >= 4 is 39.3 Å². The molecule has 7 heteroatoms. The molecule has 0 bridgehead atoms. The molecule has 0 radical (unpaired) electrons. The van der Waals surface area contributed by atoms with E-state index in [1.807, 2.05) is 31.2 Å². The molecule has 0 aliphatic carbocycles. The Morgan fingerprint density at radius 1 is 1.21 bits per heavy atom. The van der Waals surface area contributed by atoms with Gasteiger partial charge in [-0.1, -0.05) is 23.9 Å². The predicted octanol–water partition coefficient (Wildman–Crippen LogP) is 4.02. The Bertz CT molecular complexity index is 862. The lowest BCUT2D eigenvalue weighted by molar-refractivity contribution is -0.139. The number of ether oxygens (including phenoxy) is 2. The number of methoxy groups -OCH3 is 2. The Morgan fingerprint density at radius 2 is 1.96 bits per heavy atom. The molecule has 0 saturated carbocycles. The Balaban J connectivity index is 2.04. The van der Waals surface area contributed by atoms with Gasteiger partial charge in [-0.15, -0.1) is 11.3 Å². The molecule has 24 heavy (non-hydrogen) atoms. The van der Waals surface area contributed by atoms with Gasteiger partial charge >= 0.3 is 5.97 Å². The van der Waals surface area contributed by atoms with E-state index in [-0.39, 0.29) is 11.2 Å². The number of benzene rings is 1. The fraction of sp³-hybridized carbons (Fsp3) is 0.235. The van der Waals surface area contributed by atoms with Crippen LogP contribution in [0.4, 0.5) is 0 Å². The van der Waals surface area contributed by atoms with Crippen molar-refractivity contribution in [3.8, 4) is 16.9 Å². The largest absolute Gasteiger partial charge is 0.497 e. The summed E-state index contributed by atoms with van der Waals surface area (Å²) in [5.74, 6) is 0.538. The van der Waals surface area contributed by atoms with Crippen molar-refractivity contribution in [3.63, 3.8) is 0 Å². The molecule has 0 aliphatic rings. The molecule has 0 unspecified atom stereocenters. The molecule has 2 aromatic heterocycles. The summed E-state index contributed by atoms with van der Waals surface area (Å²) in [7, 11) is 3.04. The van der Waals surface area contributed by atoms with Crippen molar-refractivity contribution in [1.29, 1.82) is 0 Å². The number of thiophene rings is 1. The second-order valence-electron chi connectivity index (χ2n) is 5.02. The number of nitrogens with zero attached hydrogens (tertiary/aromatic N) is 2.